The minimum atomic E-state index is -4.19. The van der Waals surface area contributed by atoms with Gasteiger partial charge in [0.1, 0.15) is 0 Å². The van der Waals surface area contributed by atoms with Gasteiger partial charge in [0.15, 0.2) is 0 Å². The minimum Gasteiger partial charge on any atom is -0.373 e. The molecular formula is C24H47F3N2O. The Kier molecular flexibility index (Phi) is 9.72. The van der Waals surface area contributed by atoms with Crippen LogP contribution in [0.15, 0.2) is 0 Å². The van der Waals surface area contributed by atoms with Gasteiger partial charge in [-0.1, -0.05) is 13.8 Å². The maximum Gasteiger partial charge on any atom is 0.392 e. The van der Waals surface area contributed by atoms with Crippen molar-refractivity contribution in [2.75, 3.05) is 26.2 Å². The molecule has 0 saturated carbocycles. The first-order chi connectivity index (χ1) is 13.4. The molecule has 1 fully saturated rings. The second-order valence-electron chi connectivity index (χ2n) is 11.6. The Morgan fingerprint density at radius 2 is 1.23 bits per heavy atom. The number of hydrogen-bond acceptors (Lipinski definition) is 3. The molecule has 0 N–H and O–H groups in total. The number of rotatable bonds is 8. The molecule has 0 aliphatic carbocycles. The highest BCUT2D eigenvalue weighted by Crippen LogP contribution is 2.41. The maximum absolute atomic E-state index is 14.0. The Morgan fingerprint density at radius 1 is 0.767 bits per heavy atom. The Bertz CT molecular complexity index is 502. The van der Waals surface area contributed by atoms with Crippen LogP contribution < -0.4 is 0 Å². The van der Waals surface area contributed by atoms with Crippen molar-refractivity contribution in [3.05, 3.63) is 0 Å². The highest BCUT2D eigenvalue weighted by molar-refractivity contribution is 4.86. The van der Waals surface area contributed by atoms with Crippen LogP contribution in [0.1, 0.15) is 82.1 Å². The van der Waals surface area contributed by atoms with Crippen LogP contribution in [0.2, 0.25) is 0 Å². The molecule has 30 heavy (non-hydrogen) atoms. The van der Waals surface area contributed by atoms with Crippen LogP contribution in [0, 0.1) is 17.8 Å². The van der Waals surface area contributed by atoms with Gasteiger partial charge < -0.3 is 4.74 Å². The second-order valence-corrected chi connectivity index (χ2v) is 11.6. The lowest BCUT2D eigenvalue weighted by Crippen LogP contribution is -2.55. The van der Waals surface area contributed by atoms with E-state index in [1.54, 1.807) is 13.8 Å². The van der Waals surface area contributed by atoms with Crippen LogP contribution in [0.5, 0.6) is 0 Å². The van der Waals surface area contributed by atoms with Gasteiger partial charge in [-0.05, 0) is 80.1 Å². The van der Waals surface area contributed by atoms with E-state index >= 15 is 0 Å². The predicted octanol–water partition coefficient (Wildman–Crippen LogP) is 6.23. The summed E-state index contributed by atoms with van der Waals surface area (Å²) < 4.78 is 48.0. The van der Waals surface area contributed by atoms with Crippen LogP contribution >= 0.6 is 0 Å². The Balaban J connectivity index is 2.72. The zero-order valence-electron chi connectivity index (χ0n) is 21.1. The lowest BCUT2D eigenvalue weighted by molar-refractivity contribution is -0.206. The zero-order chi connectivity index (χ0) is 23.5. The van der Waals surface area contributed by atoms with Gasteiger partial charge in [-0.2, -0.15) is 13.2 Å². The number of nitrogens with zero attached hydrogens (tertiary/aromatic N) is 2. The molecule has 6 heteroatoms. The molecule has 5 atom stereocenters. The van der Waals surface area contributed by atoms with E-state index < -0.39 is 23.9 Å². The largest absolute Gasteiger partial charge is 0.392 e. The molecule has 3 nitrogen and oxygen atoms in total. The Morgan fingerprint density at radius 3 is 1.63 bits per heavy atom. The molecule has 1 heterocycles. The molecule has 0 amide bonds. The van der Waals surface area contributed by atoms with Crippen molar-refractivity contribution in [3.63, 3.8) is 0 Å². The number of piperazine rings is 1. The fourth-order valence-electron chi connectivity index (χ4n) is 5.20. The van der Waals surface area contributed by atoms with E-state index in [0.717, 1.165) is 26.2 Å². The summed E-state index contributed by atoms with van der Waals surface area (Å²) in [5, 5.41) is 0. The van der Waals surface area contributed by atoms with Crippen molar-refractivity contribution in [2.45, 2.75) is 112 Å². The third kappa shape index (κ3) is 9.04. The van der Waals surface area contributed by atoms with Gasteiger partial charge in [-0.3, -0.25) is 9.80 Å². The molecule has 5 unspecified atom stereocenters. The summed E-state index contributed by atoms with van der Waals surface area (Å²) in [5.41, 5.74) is -0.201. The van der Waals surface area contributed by atoms with Gasteiger partial charge in [0.25, 0.3) is 0 Å². The highest BCUT2D eigenvalue weighted by atomic mass is 19.4. The fourth-order valence-corrected chi connectivity index (χ4v) is 5.20. The summed E-state index contributed by atoms with van der Waals surface area (Å²) in [5.74, 6) is -2.19. The van der Waals surface area contributed by atoms with Crippen molar-refractivity contribution in [3.8, 4) is 0 Å². The Hall–Kier alpha value is -0.330. The van der Waals surface area contributed by atoms with Crippen molar-refractivity contribution in [2.24, 2.45) is 17.8 Å². The van der Waals surface area contributed by atoms with Gasteiger partial charge in [0, 0.05) is 37.8 Å². The first-order valence-electron chi connectivity index (χ1n) is 11.7. The van der Waals surface area contributed by atoms with Crippen LogP contribution in [-0.4, -0.2) is 65.4 Å². The lowest BCUT2D eigenvalue weighted by Gasteiger charge is -2.45. The summed E-state index contributed by atoms with van der Waals surface area (Å²) >= 11 is 0. The smallest absolute Gasteiger partial charge is 0.373 e. The van der Waals surface area contributed by atoms with Crippen LogP contribution in [0.25, 0.3) is 0 Å². The third-order valence-corrected chi connectivity index (χ3v) is 6.46. The molecule has 0 spiro atoms. The van der Waals surface area contributed by atoms with Crippen molar-refractivity contribution < 1.29 is 17.9 Å². The van der Waals surface area contributed by atoms with Crippen molar-refractivity contribution >= 4 is 0 Å². The Labute approximate surface area is 183 Å². The van der Waals surface area contributed by atoms with E-state index in [4.69, 9.17) is 4.74 Å². The summed E-state index contributed by atoms with van der Waals surface area (Å²) in [6.45, 7) is 23.8. The maximum atomic E-state index is 14.0. The predicted molar refractivity (Wildman–Crippen MR) is 120 cm³/mol. The molecule has 0 bridgehead atoms. The zero-order valence-corrected chi connectivity index (χ0v) is 21.1. The van der Waals surface area contributed by atoms with Crippen LogP contribution in [-0.2, 0) is 4.74 Å². The quantitative estimate of drug-likeness (QED) is 0.449. The van der Waals surface area contributed by atoms with Crippen LogP contribution in [0.3, 0.4) is 0 Å². The number of halogens is 3. The van der Waals surface area contributed by atoms with Crippen molar-refractivity contribution in [1.29, 1.82) is 0 Å². The lowest BCUT2D eigenvalue weighted by atomic mass is 9.77. The summed E-state index contributed by atoms with van der Waals surface area (Å²) in [7, 11) is 0. The SMILES string of the molecule is CC(CC(C)C(C(C)CC(C)N1CCN(C(C)(C)C)CC1)C(F)(F)F)OC(C)(C)C. The normalized spacial score (nSPS) is 23.1. The van der Waals surface area contributed by atoms with Crippen LogP contribution in [0.4, 0.5) is 13.2 Å². The van der Waals surface area contributed by atoms with Gasteiger partial charge in [-0.25, -0.2) is 0 Å². The van der Waals surface area contributed by atoms with Gasteiger partial charge in [0.2, 0.25) is 0 Å². The monoisotopic (exact) mass is 436 g/mol. The molecule has 0 aromatic heterocycles. The van der Waals surface area contributed by atoms with E-state index in [-0.39, 0.29) is 23.3 Å². The summed E-state index contributed by atoms with van der Waals surface area (Å²) in [6, 6.07) is 0.155. The number of ether oxygens (including phenoxy) is 1. The topological polar surface area (TPSA) is 15.7 Å². The first-order valence-corrected chi connectivity index (χ1v) is 11.7. The van der Waals surface area contributed by atoms with Gasteiger partial charge >= 0.3 is 6.18 Å². The molecule has 1 saturated heterocycles. The van der Waals surface area contributed by atoms with E-state index in [2.05, 4.69) is 37.5 Å². The van der Waals surface area contributed by atoms with Gasteiger partial charge in [-0.15, -0.1) is 0 Å². The molecule has 0 aromatic carbocycles. The molecule has 0 radical (unpaired) electrons. The number of hydrogen-bond donors (Lipinski definition) is 0. The fraction of sp³-hybridized carbons (Fsp3) is 1.00. The van der Waals surface area contributed by atoms with E-state index in [1.807, 2.05) is 27.7 Å². The minimum absolute atomic E-state index is 0.144. The molecular weight excluding hydrogens is 389 g/mol. The standard InChI is InChI=1S/C24H47F3N2O/c1-17(15-19(3)28-11-13-29(14-12-28)22(5,6)7)21(24(25,26)27)18(2)16-20(4)30-23(8,9)10/h17-21H,11-16H2,1-10H3. The summed E-state index contributed by atoms with van der Waals surface area (Å²) in [4.78, 5) is 4.82. The molecule has 1 rings (SSSR count). The third-order valence-electron chi connectivity index (χ3n) is 6.46. The molecule has 1 aliphatic heterocycles. The molecule has 180 valence electrons. The highest BCUT2D eigenvalue weighted by Gasteiger charge is 2.47. The average molecular weight is 437 g/mol. The van der Waals surface area contributed by atoms with E-state index in [0.29, 0.717) is 12.8 Å². The van der Waals surface area contributed by atoms with E-state index in [1.165, 1.54) is 0 Å². The van der Waals surface area contributed by atoms with Gasteiger partial charge in [0.05, 0.1) is 17.6 Å². The average Bonchev–Trinajstić information content (AvgIpc) is 2.50. The summed E-state index contributed by atoms with van der Waals surface area (Å²) in [6.07, 6.45) is -3.39. The molecule has 1 aliphatic rings. The van der Waals surface area contributed by atoms with E-state index in [9.17, 15) is 13.2 Å². The second kappa shape index (κ2) is 10.5. The first kappa shape index (κ1) is 27.7. The molecule has 0 aromatic rings. The van der Waals surface area contributed by atoms with Crippen molar-refractivity contribution in [1.82, 2.24) is 9.80 Å². The number of alkyl halides is 3.